The van der Waals surface area contributed by atoms with Gasteiger partial charge < -0.3 is 10.2 Å². The van der Waals surface area contributed by atoms with E-state index in [2.05, 4.69) is 4.98 Å². The molecule has 2 N–H and O–H groups in total. The summed E-state index contributed by atoms with van der Waals surface area (Å²) in [4.78, 5) is 4.23. The number of rotatable bonds is 1. The maximum Gasteiger partial charge on any atom is 0.416 e. The van der Waals surface area contributed by atoms with Crippen LogP contribution in [0.5, 0.6) is 0 Å². The van der Waals surface area contributed by atoms with Gasteiger partial charge in [-0.25, -0.2) is 4.98 Å². The van der Waals surface area contributed by atoms with Crippen LogP contribution in [0.4, 0.5) is 13.2 Å². The summed E-state index contributed by atoms with van der Waals surface area (Å²) in [6, 6.07) is 3.61. The van der Waals surface area contributed by atoms with Crippen LogP contribution in [0.2, 0.25) is 0 Å². The normalized spacial score (nSPS) is 24.2. The van der Waals surface area contributed by atoms with Crippen LogP contribution in [0.15, 0.2) is 22.6 Å². The summed E-state index contributed by atoms with van der Waals surface area (Å²) in [5, 5.41) is 0. The molecule has 3 nitrogen and oxygen atoms in total. The molecular formula is C14H15F3N2O. The Kier molecular flexibility index (Phi) is 3.20. The molecule has 1 aliphatic carbocycles. The summed E-state index contributed by atoms with van der Waals surface area (Å²) in [6.07, 6.45) is -0.806. The minimum Gasteiger partial charge on any atom is -0.440 e. The lowest BCUT2D eigenvalue weighted by molar-refractivity contribution is -0.137. The van der Waals surface area contributed by atoms with E-state index in [1.54, 1.807) is 0 Å². The van der Waals surface area contributed by atoms with Gasteiger partial charge >= 0.3 is 6.18 Å². The lowest BCUT2D eigenvalue weighted by Crippen LogP contribution is -2.25. The fourth-order valence-corrected chi connectivity index (χ4v) is 2.66. The lowest BCUT2D eigenvalue weighted by Gasteiger charge is -2.23. The molecule has 1 aromatic carbocycles. The van der Waals surface area contributed by atoms with Gasteiger partial charge in [0, 0.05) is 12.0 Å². The molecule has 0 aliphatic heterocycles. The first-order valence-corrected chi connectivity index (χ1v) is 6.67. The Hall–Kier alpha value is -1.56. The zero-order chi connectivity index (χ0) is 14.3. The molecule has 108 valence electrons. The van der Waals surface area contributed by atoms with E-state index in [0.717, 1.165) is 37.8 Å². The Labute approximate surface area is 114 Å². The number of hydrogen-bond acceptors (Lipinski definition) is 3. The molecule has 6 heteroatoms. The number of alkyl halides is 3. The molecule has 20 heavy (non-hydrogen) atoms. The Bertz CT molecular complexity index is 612. The number of benzene rings is 1. The van der Waals surface area contributed by atoms with Crippen LogP contribution in [-0.2, 0) is 6.18 Å². The van der Waals surface area contributed by atoms with Crippen molar-refractivity contribution in [2.45, 2.75) is 43.8 Å². The minimum atomic E-state index is -4.36. The topological polar surface area (TPSA) is 52.0 Å². The van der Waals surface area contributed by atoms with Gasteiger partial charge in [-0.05, 0) is 43.9 Å². The van der Waals surface area contributed by atoms with Gasteiger partial charge in [-0.15, -0.1) is 0 Å². The number of oxazole rings is 1. The quantitative estimate of drug-likeness (QED) is 0.865. The molecule has 1 aromatic heterocycles. The van der Waals surface area contributed by atoms with E-state index in [-0.39, 0.29) is 17.5 Å². The van der Waals surface area contributed by atoms with Gasteiger partial charge in [-0.2, -0.15) is 13.2 Å². The number of nitrogens with two attached hydrogens (primary N) is 1. The van der Waals surface area contributed by atoms with Crippen LogP contribution in [0.25, 0.3) is 11.1 Å². The molecule has 0 unspecified atom stereocenters. The highest BCUT2D eigenvalue weighted by molar-refractivity contribution is 5.73. The lowest BCUT2D eigenvalue weighted by atomic mass is 9.86. The van der Waals surface area contributed by atoms with Crippen LogP contribution >= 0.6 is 0 Å². The van der Waals surface area contributed by atoms with Crippen molar-refractivity contribution in [2.24, 2.45) is 5.73 Å². The number of hydrogen-bond donors (Lipinski definition) is 1. The molecule has 1 heterocycles. The second kappa shape index (κ2) is 4.77. The Morgan fingerprint density at radius 2 is 1.85 bits per heavy atom. The van der Waals surface area contributed by atoms with Crippen molar-refractivity contribution in [1.29, 1.82) is 0 Å². The molecule has 1 fully saturated rings. The standard InChI is InChI=1S/C14H15F3N2O/c15-14(16,17)9-3-6-12-11(7-9)19-13(20-12)8-1-4-10(18)5-2-8/h3,6-8,10H,1-2,4-5,18H2. The second-order valence-electron chi connectivity index (χ2n) is 5.34. The van der Waals surface area contributed by atoms with Gasteiger partial charge in [0.2, 0.25) is 0 Å². The van der Waals surface area contributed by atoms with E-state index >= 15 is 0 Å². The smallest absolute Gasteiger partial charge is 0.416 e. The van der Waals surface area contributed by atoms with Gasteiger partial charge in [-0.1, -0.05) is 0 Å². The van der Waals surface area contributed by atoms with E-state index in [9.17, 15) is 13.2 Å². The Morgan fingerprint density at radius 3 is 2.50 bits per heavy atom. The summed E-state index contributed by atoms with van der Waals surface area (Å²) < 4.78 is 43.5. The maximum atomic E-state index is 12.6. The van der Waals surface area contributed by atoms with Gasteiger partial charge in [0.25, 0.3) is 0 Å². The van der Waals surface area contributed by atoms with Gasteiger partial charge in [0.05, 0.1) is 5.56 Å². The predicted molar refractivity (Wildman–Crippen MR) is 68.2 cm³/mol. The number of nitrogens with zero attached hydrogens (tertiary/aromatic N) is 1. The average Bonchev–Trinajstić information content (AvgIpc) is 2.81. The summed E-state index contributed by atoms with van der Waals surface area (Å²) in [5.74, 6) is 0.697. The van der Waals surface area contributed by atoms with E-state index in [1.807, 2.05) is 0 Å². The van der Waals surface area contributed by atoms with Gasteiger partial charge in [-0.3, -0.25) is 0 Å². The highest BCUT2D eigenvalue weighted by Crippen LogP contribution is 2.35. The van der Waals surface area contributed by atoms with Crippen molar-refractivity contribution in [3.63, 3.8) is 0 Å². The molecular weight excluding hydrogens is 269 g/mol. The Balaban J connectivity index is 1.91. The molecule has 0 saturated heterocycles. The second-order valence-corrected chi connectivity index (χ2v) is 5.34. The van der Waals surface area contributed by atoms with Crippen LogP contribution in [-0.4, -0.2) is 11.0 Å². The molecule has 0 spiro atoms. The largest absolute Gasteiger partial charge is 0.440 e. The zero-order valence-corrected chi connectivity index (χ0v) is 10.8. The molecule has 2 aromatic rings. The SMILES string of the molecule is NC1CCC(c2nc3cc(C(F)(F)F)ccc3o2)CC1. The monoisotopic (exact) mass is 284 g/mol. The van der Waals surface area contributed by atoms with E-state index in [1.165, 1.54) is 6.07 Å². The first kappa shape index (κ1) is 13.4. The van der Waals surface area contributed by atoms with Crippen molar-refractivity contribution < 1.29 is 17.6 Å². The molecule has 1 saturated carbocycles. The van der Waals surface area contributed by atoms with E-state index in [4.69, 9.17) is 10.2 Å². The van der Waals surface area contributed by atoms with Gasteiger partial charge in [0.1, 0.15) is 5.52 Å². The molecule has 0 bridgehead atoms. The van der Waals surface area contributed by atoms with Crippen molar-refractivity contribution in [1.82, 2.24) is 4.98 Å². The Morgan fingerprint density at radius 1 is 1.15 bits per heavy atom. The predicted octanol–water partition coefficient (Wildman–Crippen LogP) is 3.83. The van der Waals surface area contributed by atoms with Crippen molar-refractivity contribution in [2.75, 3.05) is 0 Å². The first-order chi connectivity index (χ1) is 9.43. The van der Waals surface area contributed by atoms with Gasteiger partial charge in [0.15, 0.2) is 11.5 Å². The molecule has 0 amide bonds. The number of halogens is 3. The minimum absolute atomic E-state index is 0.163. The van der Waals surface area contributed by atoms with Crippen molar-refractivity contribution >= 4 is 11.1 Å². The number of aromatic nitrogens is 1. The summed E-state index contributed by atoms with van der Waals surface area (Å²) in [5.41, 5.74) is 5.82. The van der Waals surface area contributed by atoms with Crippen LogP contribution < -0.4 is 5.73 Å². The first-order valence-electron chi connectivity index (χ1n) is 6.67. The van der Waals surface area contributed by atoms with Crippen LogP contribution in [0, 0.1) is 0 Å². The fourth-order valence-electron chi connectivity index (χ4n) is 2.66. The summed E-state index contributed by atoms with van der Waals surface area (Å²) >= 11 is 0. The third-order valence-electron chi connectivity index (χ3n) is 3.85. The number of fused-ring (bicyclic) bond motifs is 1. The van der Waals surface area contributed by atoms with Crippen molar-refractivity contribution in [3.05, 3.63) is 29.7 Å². The third kappa shape index (κ3) is 2.52. The van der Waals surface area contributed by atoms with E-state index < -0.39 is 11.7 Å². The molecule has 3 rings (SSSR count). The van der Waals surface area contributed by atoms with E-state index in [0.29, 0.717) is 11.5 Å². The zero-order valence-electron chi connectivity index (χ0n) is 10.8. The fraction of sp³-hybridized carbons (Fsp3) is 0.500. The van der Waals surface area contributed by atoms with Crippen molar-refractivity contribution in [3.8, 4) is 0 Å². The summed E-state index contributed by atoms with van der Waals surface area (Å²) in [6.45, 7) is 0. The molecule has 0 atom stereocenters. The molecule has 0 radical (unpaired) electrons. The summed E-state index contributed by atoms with van der Waals surface area (Å²) in [7, 11) is 0. The third-order valence-corrected chi connectivity index (χ3v) is 3.85. The van der Waals surface area contributed by atoms with Crippen LogP contribution in [0.3, 0.4) is 0 Å². The highest BCUT2D eigenvalue weighted by Gasteiger charge is 2.31. The maximum absolute atomic E-state index is 12.6. The highest BCUT2D eigenvalue weighted by atomic mass is 19.4. The molecule has 1 aliphatic rings. The average molecular weight is 284 g/mol. The van der Waals surface area contributed by atoms with Crippen LogP contribution in [0.1, 0.15) is 43.1 Å².